The first-order valence-electron chi connectivity index (χ1n) is 0.752. The summed E-state index contributed by atoms with van der Waals surface area (Å²) in [5.41, 5.74) is 0. The van der Waals surface area contributed by atoms with E-state index in [1.54, 1.807) is 0 Å². The van der Waals surface area contributed by atoms with Crippen LogP contribution in [0.15, 0.2) is 0 Å². The van der Waals surface area contributed by atoms with E-state index in [2.05, 4.69) is 0 Å². The van der Waals surface area contributed by atoms with Crippen LogP contribution >= 0.6 is 7.91 Å². The third-order valence-electron chi connectivity index (χ3n) is 0. The van der Waals surface area contributed by atoms with E-state index >= 15 is 0 Å². The zero-order chi connectivity index (χ0) is 4.50. The Bertz CT molecular complexity index is 56.9. The summed E-state index contributed by atoms with van der Waals surface area (Å²) >= 11 is 0. The molecule has 0 unspecified atom stereocenters. The van der Waals surface area contributed by atoms with E-state index < -0.39 is 7.91 Å². The average molecular weight is 140 g/mol. The van der Waals surface area contributed by atoms with E-state index in [0.717, 1.165) is 0 Å². The molecule has 0 saturated carbocycles. The van der Waals surface area contributed by atoms with Crippen LogP contribution in [0, 0.1) is 0 Å². The number of hydrogen-bond acceptors (Lipinski definition) is 1. The molecule has 0 amide bonds. The first-order chi connectivity index (χ1) is 2.00. The first-order valence-corrected chi connectivity index (χ1v) is 2.25. The van der Waals surface area contributed by atoms with Gasteiger partial charge in [-0.05, 0) is 0 Å². The fraction of sp³-hybridized carbons (Fsp3) is 0. The fourth-order valence-corrected chi connectivity index (χ4v) is 0. The zero-order valence-electron chi connectivity index (χ0n) is 2.13. The van der Waals surface area contributed by atoms with Crippen LogP contribution in [0.25, 0.3) is 0 Å². The Morgan fingerprint density at radius 2 is 1.50 bits per heavy atom. The minimum absolute atomic E-state index is 0. The summed E-state index contributed by atoms with van der Waals surface area (Å²) in [5, 5.41) is 0. The molecule has 0 aromatic carbocycles. The van der Waals surface area contributed by atoms with E-state index in [4.69, 9.17) is 14.4 Å². The SMILES string of the molecule is O=P(O)(O)F.[KH]. The van der Waals surface area contributed by atoms with Crippen molar-refractivity contribution in [1.29, 1.82) is 0 Å². The van der Waals surface area contributed by atoms with Gasteiger partial charge >= 0.3 is 59.3 Å². The third-order valence-corrected chi connectivity index (χ3v) is 0. The molecule has 0 fully saturated rings. The van der Waals surface area contributed by atoms with Gasteiger partial charge in [0.2, 0.25) is 0 Å². The molecule has 0 atom stereocenters. The number of rotatable bonds is 0. The Morgan fingerprint density at radius 3 is 1.50 bits per heavy atom. The van der Waals surface area contributed by atoms with E-state index in [0.29, 0.717) is 0 Å². The molecule has 0 bridgehead atoms. The van der Waals surface area contributed by atoms with Gasteiger partial charge in [-0.15, -0.1) is 4.20 Å². The number of hydrogen-bond donors (Lipinski definition) is 2. The van der Waals surface area contributed by atoms with Crippen LogP contribution in [0.2, 0.25) is 0 Å². The van der Waals surface area contributed by atoms with Crippen molar-refractivity contribution in [3.8, 4) is 0 Å². The molecule has 6 heavy (non-hydrogen) atoms. The van der Waals surface area contributed by atoms with Crippen molar-refractivity contribution in [3.63, 3.8) is 0 Å². The second-order valence-corrected chi connectivity index (χ2v) is 1.42. The van der Waals surface area contributed by atoms with Gasteiger partial charge in [0.25, 0.3) is 0 Å². The molecule has 6 heteroatoms. The Kier molecular flexibility index (Phi) is 6.54. The van der Waals surface area contributed by atoms with Gasteiger partial charge in [-0.2, -0.15) is 0 Å². The molecule has 0 spiro atoms. The van der Waals surface area contributed by atoms with Gasteiger partial charge in [-0.1, -0.05) is 0 Å². The van der Waals surface area contributed by atoms with Crippen molar-refractivity contribution in [3.05, 3.63) is 0 Å². The molecule has 34 valence electrons. The van der Waals surface area contributed by atoms with Crippen molar-refractivity contribution in [2.75, 3.05) is 0 Å². The summed E-state index contributed by atoms with van der Waals surface area (Å²) in [6.45, 7) is 0. The van der Waals surface area contributed by atoms with Crippen molar-refractivity contribution in [2.24, 2.45) is 0 Å². The summed E-state index contributed by atoms with van der Waals surface area (Å²) in [4.78, 5) is 13.9. The summed E-state index contributed by atoms with van der Waals surface area (Å²) in [7, 11) is -5.14. The topological polar surface area (TPSA) is 57.5 Å². The Labute approximate surface area is 76.6 Å². The van der Waals surface area contributed by atoms with Crippen molar-refractivity contribution >= 4 is 59.3 Å². The predicted molar refractivity (Wildman–Crippen MR) is 20.3 cm³/mol. The van der Waals surface area contributed by atoms with Crippen LogP contribution in [-0.2, 0) is 4.57 Å². The van der Waals surface area contributed by atoms with Gasteiger partial charge < -0.3 is 0 Å². The summed E-state index contributed by atoms with van der Waals surface area (Å²) in [6.07, 6.45) is 0. The monoisotopic (exact) mass is 140 g/mol. The molecule has 0 aliphatic heterocycles. The Morgan fingerprint density at radius 1 is 1.50 bits per heavy atom. The molecule has 0 saturated heterocycles. The summed E-state index contributed by atoms with van der Waals surface area (Å²) < 4.78 is 19.0. The zero-order valence-corrected chi connectivity index (χ0v) is 3.02. The molecule has 0 aliphatic rings. The van der Waals surface area contributed by atoms with Crippen LogP contribution in [0.5, 0.6) is 0 Å². The third kappa shape index (κ3) is 43.2. The van der Waals surface area contributed by atoms with E-state index in [9.17, 15) is 4.20 Å². The molecule has 3 nitrogen and oxygen atoms in total. The maximum atomic E-state index is 10.4. The van der Waals surface area contributed by atoms with E-state index in [1.165, 1.54) is 0 Å². The molecule has 0 aliphatic carbocycles. The second-order valence-electron chi connectivity index (χ2n) is 0.473. The molecule has 0 aromatic heterocycles. The van der Waals surface area contributed by atoms with Crippen LogP contribution in [0.3, 0.4) is 0 Å². The second kappa shape index (κ2) is 3.69. The average Bonchev–Trinajstić information content (AvgIpc) is 0.722. The fourth-order valence-electron chi connectivity index (χ4n) is 0. The summed E-state index contributed by atoms with van der Waals surface area (Å²) in [5.74, 6) is 0. The van der Waals surface area contributed by atoms with Crippen LogP contribution in [-0.4, -0.2) is 61.2 Å². The van der Waals surface area contributed by atoms with Gasteiger partial charge in [0, 0.05) is 0 Å². The minimum atomic E-state index is -5.14. The van der Waals surface area contributed by atoms with Crippen LogP contribution in [0.1, 0.15) is 0 Å². The van der Waals surface area contributed by atoms with Crippen molar-refractivity contribution in [2.45, 2.75) is 0 Å². The van der Waals surface area contributed by atoms with Crippen LogP contribution < -0.4 is 0 Å². The molecule has 0 radical (unpaired) electrons. The van der Waals surface area contributed by atoms with Gasteiger partial charge in [0.1, 0.15) is 0 Å². The molecule has 0 rings (SSSR count). The first kappa shape index (κ1) is 10.7. The van der Waals surface area contributed by atoms with Gasteiger partial charge in [-0.3, -0.25) is 9.79 Å². The standard InChI is InChI=1S/FH2O3P.K.H/c1-5(2,3)4;;/h(H2,2,3,4);;. The summed E-state index contributed by atoms with van der Waals surface area (Å²) in [6, 6.07) is 0. The molecular formula is H3FKO3P. The quantitative estimate of drug-likeness (QED) is 0.349. The van der Waals surface area contributed by atoms with Crippen molar-refractivity contribution in [1.82, 2.24) is 0 Å². The molecule has 2 N–H and O–H groups in total. The predicted octanol–water partition coefficient (Wildman–Crippen LogP) is -0.600. The Hall–Kier alpha value is 1.72. The van der Waals surface area contributed by atoms with Gasteiger partial charge in [-0.25, -0.2) is 4.57 Å². The Balaban J connectivity index is 0. The number of halogens is 1. The van der Waals surface area contributed by atoms with E-state index in [-0.39, 0.29) is 51.4 Å². The molecular weight excluding hydrogens is 137 g/mol. The molecule has 0 heterocycles. The molecule has 0 aromatic rings. The normalized spacial score (nSPS) is 9.83. The van der Waals surface area contributed by atoms with E-state index in [1.807, 2.05) is 0 Å². The van der Waals surface area contributed by atoms with Crippen LogP contribution in [0.4, 0.5) is 4.20 Å². The van der Waals surface area contributed by atoms with Crippen molar-refractivity contribution < 1.29 is 18.5 Å². The van der Waals surface area contributed by atoms with Gasteiger partial charge in [0.15, 0.2) is 0 Å². The van der Waals surface area contributed by atoms with Gasteiger partial charge in [0.05, 0.1) is 0 Å². The maximum absolute atomic E-state index is 10.4.